The molecule has 0 aromatic heterocycles. The molecular weight excluding hydrogens is 292 g/mol. The normalized spacial score (nSPS) is 19.0. The van der Waals surface area contributed by atoms with Crippen molar-refractivity contribution in [2.24, 2.45) is 0 Å². The number of β-amino-alcohol motifs (C(OH)–C–C–N with tert-alkyl or cyclic N) is 1. The molecule has 1 aliphatic rings. The van der Waals surface area contributed by atoms with Crippen LogP contribution in [0.4, 0.5) is 0 Å². The number of nitrogens with one attached hydrogen (secondary N) is 1. The third-order valence-electron chi connectivity index (χ3n) is 3.03. The van der Waals surface area contributed by atoms with Crippen molar-refractivity contribution in [2.75, 3.05) is 19.7 Å². The number of hydrogen-bond donors (Lipinski definition) is 2. The summed E-state index contributed by atoms with van der Waals surface area (Å²) in [5, 5.41) is 10.9. The van der Waals surface area contributed by atoms with Crippen molar-refractivity contribution >= 4 is 10.0 Å². The van der Waals surface area contributed by atoms with Gasteiger partial charge in [0.1, 0.15) is 12.4 Å². The minimum atomic E-state index is -3.63. The zero-order valence-corrected chi connectivity index (χ0v) is 12.6. The first-order chi connectivity index (χ1) is 10.0. The monoisotopic (exact) mass is 310 g/mol. The number of nitrogens with zero attached hydrogens (tertiary/aromatic N) is 1. The molecule has 1 aromatic rings. The number of hydrazine groups is 1. The molecule has 0 saturated carbocycles. The molecular formula is C14H18N2O4S. The SMILES string of the molecule is CC#CCOc1ccc(S(=O)(=O)NN2CCC(O)C2)cc1. The molecule has 0 spiro atoms. The summed E-state index contributed by atoms with van der Waals surface area (Å²) in [7, 11) is -3.63. The quantitative estimate of drug-likeness (QED) is 0.767. The summed E-state index contributed by atoms with van der Waals surface area (Å²) in [5.74, 6) is 6.03. The second kappa shape index (κ2) is 6.91. The fourth-order valence-corrected chi connectivity index (χ4v) is 3.06. The lowest BCUT2D eigenvalue weighted by molar-refractivity contribution is 0.170. The van der Waals surface area contributed by atoms with Crippen LogP contribution in [0.25, 0.3) is 0 Å². The Morgan fingerprint density at radius 1 is 1.43 bits per heavy atom. The van der Waals surface area contributed by atoms with Gasteiger partial charge in [0.2, 0.25) is 0 Å². The Morgan fingerprint density at radius 2 is 2.14 bits per heavy atom. The molecule has 6 nitrogen and oxygen atoms in total. The Hall–Kier alpha value is -1.59. The lowest BCUT2D eigenvalue weighted by Crippen LogP contribution is -2.40. The molecule has 21 heavy (non-hydrogen) atoms. The molecule has 0 radical (unpaired) electrons. The predicted molar refractivity (Wildman–Crippen MR) is 77.9 cm³/mol. The van der Waals surface area contributed by atoms with Gasteiger partial charge in [-0.1, -0.05) is 5.92 Å². The van der Waals surface area contributed by atoms with Crippen LogP contribution in [0.3, 0.4) is 0 Å². The molecule has 2 N–H and O–H groups in total. The average molecular weight is 310 g/mol. The van der Waals surface area contributed by atoms with Gasteiger partial charge in [-0.25, -0.2) is 13.4 Å². The molecule has 7 heteroatoms. The van der Waals surface area contributed by atoms with Gasteiger partial charge in [0, 0.05) is 13.1 Å². The Kier molecular flexibility index (Phi) is 5.20. The van der Waals surface area contributed by atoms with Crippen LogP contribution in [0.2, 0.25) is 0 Å². The second-order valence-corrected chi connectivity index (χ2v) is 6.33. The van der Waals surface area contributed by atoms with E-state index in [0.29, 0.717) is 25.3 Å². The van der Waals surface area contributed by atoms with Gasteiger partial charge in [0.05, 0.1) is 11.0 Å². The Labute approximate surface area is 124 Å². The topological polar surface area (TPSA) is 78.9 Å². The van der Waals surface area contributed by atoms with Crippen molar-refractivity contribution in [3.63, 3.8) is 0 Å². The molecule has 0 bridgehead atoms. The van der Waals surface area contributed by atoms with Crippen molar-refractivity contribution in [1.82, 2.24) is 9.84 Å². The fraction of sp³-hybridized carbons (Fsp3) is 0.429. The van der Waals surface area contributed by atoms with Crippen LogP contribution in [-0.4, -0.2) is 44.3 Å². The minimum absolute atomic E-state index is 0.151. The van der Waals surface area contributed by atoms with E-state index in [-0.39, 0.29) is 11.5 Å². The van der Waals surface area contributed by atoms with Crippen molar-refractivity contribution < 1.29 is 18.3 Å². The van der Waals surface area contributed by atoms with Crippen LogP contribution in [0.5, 0.6) is 5.75 Å². The van der Waals surface area contributed by atoms with Crippen molar-refractivity contribution in [2.45, 2.75) is 24.3 Å². The van der Waals surface area contributed by atoms with E-state index in [2.05, 4.69) is 16.7 Å². The van der Waals surface area contributed by atoms with Gasteiger partial charge >= 0.3 is 0 Å². The number of aliphatic hydroxyl groups is 1. The highest BCUT2D eigenvalue weighted by Crippen LogP contribution is 2.17. The first-order valence-electron chi connectivity index (χ1n) is 6.59. The summed E-state index contributed by atoms with van der Waals surface area (Å²) in [4.78, 5) is 2.61. The van der Waals surface area contributed by atoms with E-state index >= 15 is 0 Å². The summed E-state index contributed by atoms with van der Waals surface area (Å²) < 4.78 is 29.7. The van der Waals surface area contributed by atoms with Gasteiger partial charge in [-0.2, -0.15) is 0 Å². The van der Waals surface area contributed by atoms with Crippen molar-refractivity contribution in [1.29, 1.82) is 0 Å². The third-order valence-corrected chi connectivity index (χ3v) is 4.43. The largest absolute Gasteiger partial charge is 0.481 e. The highest BCUT2D eigenvalue weighted by Gasteiger charge is 2.25. The predicted octanol–water partition coefficient (Wildman–Crippen LogP) is 0.349. The highest BCUT2D eigenvalue weighted by atomic mass is 32.2. The first-order valence-corrected chi connectivity index (χ1v) is 8.07. The molecule has 0 amide bonds. The van der Waals surface area contributed by atoms with E-state index in [9.17, 15) is 13.5 Å². The molecule has 1 unspecified atom stereocenters. The van der Waals surface area contributed by atoms with Crippen molar-refractivity contribution in [3.8, 4) is 17.6 Å². The number of hydrogen-bond acceptors (Lipinski definition) is 5. The summed E-state index contributed by atoms with van der Waals surface area (Å²) in [6, 6.07) is 6.13. The maximum atomic E-state index is 12.2. The maximum Gasteiger partial charge on any atom is 0.253 e. The van der Waals surface area contributed by atoms with Gasteiger partial charge in [-0.3, -0.25) is 0 Å². The minimum Gasteiger partial charge on any atom is -0.481 e. The van der Waals surface area contributed by atoms with Crippen LogP contribution < -0.4 is 9.57 Å². The lowest BCUT2D eigenvalue weighted by Gasteiger charge is -2.16. The number of benzene rings is 1. The van der Waals surface area contributed by atoms with Gasteiger partial charge in [0.25, 0.3) is 10.0 Å². The van der Waals surface area contributed by atoms with Crippen LogP contribution in [0.15, 0.2) is 29.2 Å². The fourth-order valence-electron chi connectivity index (χ4n) is 1.95. The summed E-state index contributed by atoms with van der Waals surface area (Å²) in [6.45, 7) is 2.79. The summed E-state index contributed by atoms with van der Waals surface area (Å²) in [6.07, 6.45) is 0.0801. The number of sulfonamides is 1. The van der Waals surface area contributed by atoms with Crippen LogP contribution in [-0.2, 0) is 10.0 Å². The zero-order chi connectivity index (χ0) is 15.3. The van der Waals surface area contributed by atoms with Crippen LogP contribution in [0, 0.1) is 11.8 Å². The van der Waals surface area contributed by atoms with E-state index < -0.39 is 16.1 Å². The average Bonchev–Trinajstić information content (AvgIpc) is 2.84. The number of aliphatic hydroxyl groups excluding tert-OH is 1. The Morgan fingerprint density at radius 3 is 2.71 bits per heavy atom. The van der Waals surface area contributed by atoms with E-state index in [0.717, 1.165) is 0 Å². The number of rotatable bonds is 5. The van der Waals surface area contributed by atoms with E-state index in [1.165, 1.54) is 17.1 Å². The number of ether oxygens (including phenoxy) is 1. The van der Waals surface area contributed by atoms with Gasteiger partial charge in [-0.15, -0.1) is 10.8 Å². The molecule has 114 valence electrons. The summed E-state index contributed by atoms with van der Waals surface area (Å²) >= 11 is 0. The standard InChI is InChI=1S/C14H18N2O4S/c1-2-3-10-20-13-4-6-14(7-5-13)21(18,19)15-16-9-8-12(17)11-16/h4-7,12,15,17H,8-11H2,1H3. The molecule has 1 heterocycles. The van der Waals surface area contributed by atoms with E-state index in [4.69, 9.17) is 4.74 Å². The Balaban J connectivity index is 2.00. The highest BCUT2D eigenvalue weighted by molar-refractivity contribution is 7.89. The van der Waals surface area contributed by atoms with E-state index in [1.54, 1.807) is 19.1 Å². The molecule has 1 atom stereocenters. The second-order valence-electron chi connectivity index (χ2n) is 4.67. The molecule has 1 fully saturated rings. The van der Waals surface area contributed by atoms with Gasteiger partial charge < -0.3 is 9.84 Å². The molecule has 1 aromatic carbocycles. The molecule has 1 aliphatic heterocycles. The Bertz CT molecular complexity index is 631. The van der Waals surface area contributed by atoms with Gasteiger partial charge in [0.15, 0.2) is 0 Å². The smallest absolute Gasteiger partial charge is 0.253 e. The summed E-state index contributed by atoms with van der Waals surface area (Å²) in [5.41, 5.74) is 0. The van der Waals surface area contributed by atoms with E-state index in [1.807, 2.05) is 0 Å². The van der Waals surface area contributed by atoms with Crippen LogP contribution in [0.1, 0.15) is 13.3 Å². The molecule has 2 rings (SSSR count). The maximum absolute atomic E-state index is 12.2. The van der Waals surface area contributed by atoms with Crippen molar-refractivity contribution in [3.05, 3.63) is 24.3 Å². The third kappa shape index (κ3) is 4.44. The lowest BCUT2D eigenvalue weighted by atomic mass is 10.3. The molecule has 0 aliphatic carbocycles. The van der Waals surface area contributed by atoms with Crippen LogP contribution >= 0.6 is 0 Å². The zero-order valence-electron chi connectivity index (χ0n) is 11.7. The first kappa shape index (κ1) is 15.8. The molecule has 1 saturated heterocycles. The van der Waals surface area contributed by atoms with Gasteiger partial charge in [-0.05, 0) is 37.6 Å².